The van der Waals surface area contributed by atoms with Gasteiger partial charge in [0.1, 0.15) is 5.58 Å². The number of hydrogen-bond donors (Lipinski definition) is 1. The minimum atomic E-state index is -0.325. The molecule has 1 N–H and O–H groups in total. The zero-order valence-electron chi connectivity index (χ0n) is 14.1. The maximum Gasteiger partial charge on any atom is 0.271 e. The molecule has 0 saturated carbocycles. The standard InChI is InChI=1S/C21H14ClN3O2/c22-16-6-7-17-18(12-16)27-19(20(17)14-4-2-1-3-5-14)13-24-25-21(26)15-8-10-23-11-9-15/h1-13H,(H,25,26)/b24-13+. The number of rotatable bonds is 4. The van der Waals surface area contributed by atoms with Gasteiger partial charge in [-0.25, -0.2) is 5.43 Å². The van der Waals surface area contributed by atoms with E-state index in [0.29, 0.717) is 21.9 Å². The SMILES string of the molecule is O=C(N/N=C/c1oc2cc(Cl)ccc2c1-c1ccccc1)c1ccncc1. The number of carbonyl (C=O) groups is 1. The predicted octanol–water partition coefficient (Wildman–Crippen LogP) is 4.91. The topological polar surface area (TPSA) is 67.5 Å². The van der Waals surface area contributed by atoms with Gasteiger partial charge < -0.3 is 4.42 Å². The van der Waals surface area contributed by atoms with Crippen LogP contribution >= 0.6 is 11.6 Å². The molecule has 132 valence electrons. The molecule has 4 aromatic rings. The molecule has 2 aromatic heterocycles. The first-order chi connectivity index (χ1) is 13.2. The second-order valence-corrected chi connectivity index (χ2v) is 6.22. The van der Waals surface area contributed by atoms with Crippen LogP contribution in [0.1, 0.15) is 16.1 Å². The third-order valence-corrected chi connectivity index (χ3v) is 4.27. The summed E-state index contributed by atoms with van der Waals surface area (Å²) in [6.45, 7) is 0. The van der Waals surface area contributed by atoms with Gasteiger partial charge in [0.2, 0.25) is 0 Å². The van der Waals surface area contributed by atoms with E-state index in [1.165, 1.54) is 6.21 Å². The first kappa shape index (κ1) is 17.0. The number of halogens is 1. The van der Waals surface area contributed by atoms with Crippen molar-refractivity contribution >= 4 is 34.7 Å². The lowest BCUT2D eigenvalue weighted by atomic mass is 10.0. The van der Waals surface area contributed by atoms with Crippen molar-refractivity contribution in [2.75, 3.05) is 0 Å². The largest absolute Gasteiger partial charge is 0.454 e. The minimum Gasteiger partial charge on any atom is -0.454 e. The van der Waals surface area contributed by atoms with Gasteiger partial charge in [0.25, 0.3) is 5.91 Å². The summed E-state index contributed by atoms with van der Waals surface area (Å²) in [4.78, 5) is 16.0. The highest BCUT2D eigenvalue weighted by molar-refractivity contribution is 6.31. The number of amides is 1. The Kier molecular flexibility index (Phi) is 4.68. The highest BCUT2D eigenvalue weighted by Crippen LogP contribution is 2.35. The minimum absolute atomic E-state index is 0.325. The Balaban J connectivity index is 1.70. The van der Waals surface area contributed by atoms with E-state index in [1.54, 1.807) is 30.6 Å². The van der Waals surface area contributed by atoms with Crippen molar-refractivity contribution in [1.29, 1.82) is 0 Å². The van der Waals surface area contributed by atoms with E-state index >= 15 is 0 Å². The van der Waals surface area contributed by atoms with Crippen LogP contribution in [0.5, 0.6) is 0 Å². The summed E-state index contributed by atoms with van der Waals surface area (Å²) >= 11 is 6.08. The highest BCUT2D eigenvalue weighted by Gasteiger charge is 2.15. The number of hydrazone groups is 1. The number of hydrogen-bond acceptors (Lipinski definition) is 4. The van der Waals surface area contributed by atoms with Crippen LogP contribution in [0.15, 0.2) is 82.6 Å². The summed E-state index contributed by atoms with van der Waals surface area (Å²) in [5, 5.41) is 5.56. The van der Waals surface area contributed by atoms with E-state index in [9.17, 15) is 4.79 Å². The van der Waals surface area contributed by atoms with Crippen molar-refractivity contribution < 1.29 is 9.21 Å². The number of pyridine rings is 1. The molecule has 4 rings (SSSR count). The first-order valence-electron chi connectivity index (χ1n) is 8.23. The Morgan fingerprint density at radius 1 is 1.07 bits per heavy atom. The van der Waals surface area contributed by atoms with Crippen molar-refractivity contribution in [3.8, 4) is 11.1 Å². The molecule has 0 aliphatic rings. The average molecular weight is 376 g/mol. The Morgan fingerprint density at radius 3 is 2.63 bits per heavy atom. The fraction of sp³-hybridized carbons (Fsp3) is 0. The van der Waals surface area contributed by atoms with Gasteiger partial charge in [-0.3, -0.25) is 9.78 Å². The maximum atomic E-state index is 12.1. The van der Waals surface area contributed by atoms with E-state index in [2.05, 4.69) is 15.5 Å². The fourth-order valence-electron chi connectivity index (χ4n) is 2.80. The number of carbonyl (C=O) groups excluding carboxylic acids is 1. The second-order valence-electron chi connectivity index (χ2n) is 5.78. The molecule has 2 aromatic carbocycles. The van der Waals surface area contributed by atoms with Crippen LogP contribution in [0.3, 0.4) is 0 Å². The number of nitrogens with zero attached hydrogens (tertiary/aromatic N) is 2. The highest BCUT2D eigenvalue weighted by atomic mass is 35.5. The molecule has 0 saturated heterocycles. The van der Waals surface area contributed by atoms with E-state index in [4.69, 9.17) is 16.0 Å². The van der Waals surface area contributed by atoms with Crippen molar-refractivity contribution in [3.05, 3.63) is 89.4 Å². The molecule has 2 heterocycles. The van der Waals surface area contributed by atoms with Gasteiger partial charge in [0.15, 0.2) is 5.76 Å². The predicted molar refractivity (Wildman–Crippen MR) is 106 cm³/mol. The molecule has 0 unspecified atom stereocenters. The van der Waals surface area contributed by atoms with Crippen molar-refractivity contribution in [2.45, 2.75) is 0 Å². The summed E-state index contributed by atoms with van der Waals surface area (Å²) in [7, 11) is 0. The van der Waals surface area contributed by atoms with Crippen LogP contribution in [-0.4, -0.2) is 17.1 Å². The lowest BCUT2D eigenvalue weighted by Gasteiger charge is -2.01. The molecule has 0 atom stereocenters. The molecule has 5 nitrogen and oxygen atoms in total. The number of benzene rings is 2. The molecule has 1 amide bonds. The van der Waals surface area contributed by atoms with Crippen LogP contribution in [0.25, 0.3) is 22.1 Å². The smallest absolute Gasteiger partial charge is 0.271 e. The van der Waals surface area contributed by atoms with Crippen LogP contribution < -0.4 is 5.43 Å². The molecule has 0 bridgehead atoms. The first-order valence-corrected chi connectivity index (χ1v) is 8.61. The molecular weight excluding hydrogens is 362 g/mol. The maximum absolute atomic E-state index is 12.1. The van der Waals surface area contributed by atoms with Gasteiger partial charge in [0, 0.05) is 40.0 Å². The molecule has 0 fully saturated rings. The average Bonchev–Trinajstić information content (AvgIpc) is 3.06. The van der Waals surface area contributed by atoms with E-state index in [1.807, 2.05) is 42.5 Å². The van der Waals surface area contributed by atoms with Crippen LogP contribution in [0.4, 0.5) is 0 Å². The second kappa shape index (κ2) is 7.43. The summed E-state index contributed by atoms with van der Waals surface area (Å²) < 4.78 is 5.93. The lowest BCUT2D eigenvalue weighted by molar-refractivity contribution is 0.0955. The van der Waals surface area contributed by atoms with Crippen molar-refractivity contribution in [3.63, 3.8) is 0 Å². The third kappa shape index (κ3) is 3.59. The van der Waals surface area contributed by atoms with Crippen molar-refractivity contribution in [2.24, 2.45) is 5.10 Å². The summed E-state index contributed by atoms with van der Waals surface area (Å²) in [6.07, 6.45) is 4.60. The molecule has 27 heavy (non-hydrogen) atoms. The van der Waals surface area contributed by atoms with E-state index in [0.717, 1.165) is 16.5 Å². The van der Waals surface area contributed by atoms with Crippen LogP contribution in [0, 0.1) is 0 Å². The Labute approximate surface area is 160 Å². The van der Waals surface area contributed by atoms with Crippen LogP contribution in [0.2, 0.25) is 5.02 Å². The molecule has 6 heteroatoms. The fourth-order valence-corrected chi connectivity index (χ4v) is 2.96. The molecule has 0 aliphatic heterocycles. The number of aromatic nitrogens is 1. The molecular formula is C21H14ClN3O2. The van der Waals surface area contributed by atoms with Gasteiger partial charge in [-0.15, -0.1) is 0 Å². The molecule has 0 spiro atoms. The quantitative estimate of drug-likeness (QED) is 0.407. The van der Waals surface area contributed by atoms with Gasteiger partial charge in [-0.2, -0.15) is 5.10 Å². The monoisotopic (exact) mass is 375 g/mol. The number of fused-ring (bicyclic) bond motifs is 1. The van der Waals surface area contributed by atoms with Gasteiger partial charge in [-0.1, -0.05) is 41.9 Å². The number of nitrogens with one attached hydrogen (secondary N) is 1. The summed E-state index contributed by atoms with van der Waals surface area (Å²) in [6, 6.07) is 18.6. The van der Waals surface area contributed by atoms with Gasteiger partial charge in [-0.05, 0) is 29.8 Å². The van der Waals surface area contributed by atoms with E-state index in [-0.39, 0.29) is 5.91 Å². The number of furan rings is 1. The lowest BCUT2D eigenvalue weighted by Crippen LogP contribution is -2.17. The Bertz CT molecular complexity index is 1120. The van der Waals surface area contributed by atoms with E-state index < -0.39 is 0 Å². The van der Waals surface area contributed by atoms with Crippen molar-refractivity contribution in [1.82, 2.24) is 10.4 Å². The Morgan fingerprint density at radius 2 is 1.85 bits per heavy atom. The Hall–Kier alpha value is -3.44. The third-order valence-electron chi connectivity index (χ3n) is 4.03. The molecule has 0 radical (unpaired) electrons. The van der Waals surface area contributed by atoms with Gasteiger partial charge >= 0.3 is 0 Å². The molecule has 0 aliphatic carbocycles. The van der Waals surface area contributed by atoms with Crippen LogP contribution in [-0.2, 0) is 0 Å². The summed E-state index contributed by atoms with van der Waals surface area (Å²) in [5.41, 5.74) is 5.51. The normalized spacial score (nSPS) is 11.1. The zero-order valence-corrected chi connectivity index (χ0v) is 14.9. The zero-order chi connectivity index (χ0) is 18.6. The summed E-state index contributed by atoms with van der Waals surface area (Å²) in [5.74, 6) is 0.211. The van der Waals surface area contributed by atoms with Gasteiger partial charge in [0.05, 0.1) is 6.21 Å².